The fourth-order valence-electron chi connectivity index (χ4n) is 3.50. The molecule has 4 aromatic rings. The van der Waals surface area contributed by atoms with E-state index in [1.165, 1.54) is 6.20 Å². The molecule has 3 atom stereocenters. The maximum Gasteiger partial charge on any atom is 0.200 e. The molecule has 8 nitrogen and oxygen atoms in total. The predicted molar refractivity (Wildman–Crippen MR) is 119 cm³/mol. The van der Waals surface area contributed by atoms with Gasteiger partial charge in [0, 0.05) is 36.8 Å². The summed E-state index contributed by atoms with van der Waals surface area (Å²) in [4.78, 5) is 13.1. The van der Waals surface area contributed by atoms with Gasteiger partial charge >= 0.3 is 0 Å². The Morgan fingerprint density at radius 2 is 2.13 bits per heavy atom. The third-order valence-corrected chi connectivity index (χ3v) is 6.59. The van der Waals surface area contributed by atoms with Gasteiger partial charge in [-0.1, -0.05) is 6.07 Å². The third-order valence-electron chi connectivity index (χ3n) is 5.05. The summed E-state index contributed by atoms with van der Waals surface area (Å²) in [5.74, 6) is 4.13. The van der Waals surface area contributed by atoms with Crippen LogP contribution in [-0.2, 0) is 15.9 Å². The van der Waals surface area contributed by atoms with Crippen LogP contribution in [-0.4, -0.2) is 52.3 Å². The number of rotatable bonds is 6. The van der Waals surface area contributed by atoms with E-state index >= 15 is 0 Å². The van der Waals surface area contributed by atoms with E-state index in [1.807, 2.05) is 30.3 Å². The highest BCUT2D eigenvalue weighted by molar-refractivity contribution is 8.00. The first-order valence-electron chi connectivity index (χ1n) is 9.64. The van der Waals surface area contributed by atoms with Crippen molar-refractivity contribution in [1.82, 2.24) is 29.9 Å². The normalized spacial score (nSPS) is 19.8. The molecule has 0 aromatic carbocycles. The first-order valence-corrected chi connectivity index (χ1v) is 11.8. The number of anilines is 2. The zero-order valence-corrected chi connectivity index (χ0v) is 17.5. The minimum absolute atomic E-state index is 0.0866. The Morgan fingerprint density at radius 1 is 1.26 bits per heavy atom. The van der Waals surface area contributed by atoms with Gasteiger partial charge in [-0.2, -0.15) is 0 Å². The van der Waals surface area contributed by atoms with E-state index in [0.29, 0.717) is 29.3 Å². The molecular weight excluding hydrogens is 417 g/mol. The van der Waals surface area contributed by atoms with Crippen LogP contribution in [0.25, 0.3) is 17.0 Å². The first kappa shape index (κ1) is 19.6. The summed E-state index contributed by atoms with van der Waals surface area (Å²) in [6, 6.07) is 11.0. The Balaban J connectivity index is 1.47. The van der Waals surface area contributed by atoms with Crippen LogP contribution in [0, 0.1) is 5.82 Å². The SMILES string of the molecule is C=S(C)(=O)[C@@H]1NC1Cc1cccc(-c2nc(Nc3ccncc3F)c3cccn3n2)n1. The van der Waals surface area contributed by atoms with E-state index < -0.39 is 15.3 Å². The Labute approximate surface area is 178 Å². The number of pyridine rings is 2. The predicted octanol–water partition coefficient (Wildman–Crippen LogP) is 2.26. The largest absolute Gasteiger partial charge is 0.336 e. The molecule has 0 radical (unpaired) electrons. The van der Waals surface area contributed by atoms with E-state index in [9.17, 15) is 8.60 Å². The fraction of sp³-hybridized carbons (Fsp3) is 0.190. The van der Waals surface area contributed by atoms with E-state index in [4.69, 9.17) is 4.98 Å². The number of hydrogen-bond donors (Lipinski definition) is 2. The third kappa shape index (κ3) is 3.99. The van der Waals surface area contributed by atoms with Gasteiger partial charge in [0.15, 0.2) is 11.6 Å². The number of fused-ring (bicyclic) bond motifs is 1. The smallest absolute Gasteiger partial charge is 0.200 e. The van der Waals surface area contributed by atoms with Gasteiger partial charge in [0.25, 0.3) is 0 Å². The Kier molecular flexibility index (Phi) is 4.67. The molecule has 0 aliphatic carbocycles. The summed E-state index contributed by atoms with van der Waals surface area (Å²) in [6.07, 6.45) is 6.74. The summed E-state index contributed by atoms with van der Waals surface area (Å²) in [7, 11) is -2.13. The van der Waals surface area contributed by atoms with E-state index in [1.54, 1.807) is 23.0 Å². The number of aromatic nitrogens is 5. The average molecular weight is 438 g/mol. The molecule has 0 saturated carbocycles. The molecule has 0 bridgehead atoms. The lowest BCUT2D eigenvalue weighted by Crippen LogP contribution is -2.10. The molecule has 31 heavy (non-hydrogen) atoms. The van der Waals surface area contributed by atoms with Crippen molar-refractivity contribution >= 4 is 32.4 Å². The summed E-state index contributed by atoms with van der Waals surface area (Å²) in [5.41, 5.74) is 2.41. The lowest BCUT2D eigenvalue weighted by molar-refractivity contribution is 0.625. The standard InChI is InChI=1S/C21H20FN7OS/c1-31(2,30)21-17(26-21)11-13-5-3-6-16(24-13)19-27-20(18-7-4-10-29(18)28-19)25-15-8-9-23-12-14(15)22/h3-10,12,17,21,26H,1,11H2,2H3,(H,23,25,27,28)/t17?,21-,31?/m0/s1. The average Bonchev–Trinajstić information content (AvgIpc) is 3.35. The molecule has 0 amide bonds. The van der Waals surface area contributed by atoms with Crippen LogP contribution < -0.4 is 10.6 Å². The monoisotopic (exact) mass is 437 g/mol. The van der Waals surface area contributed by atoms with Gasteiger partial charge in [0.2, 0.25) is 5.82 Å². The number of hydrogen-bond acceptors (Lipinski definition) is 7. The highest BCUT2D eigenvalue weighted by atomic mass is 32.2. The molecule has 10 heteroatoms. The fourth-order valence-corrected chi connectivity index (χ4v) is 4.75. The van der Waals surface area contributed by atoms with E-state index in [0.717, 1.165) is 11.9 Å². The van der Waals surface area contributed by atoms with Crippen molar-refractivity contribution in [1.29, 1.82) is 0 Å². The molecule has 5 rings (SSSR count). The molecule has 1 aliphatic rings. The maximum absolute atomic E-state index is 14.1. The number of halogens is 1. The van der Waals surface area contributed by atoms with Crippen molar-refractivity contribution < 1.29 is 8.60 Å². The van der Waals surface area contributed by atoms with Gasteiger partial charge in [-0.3, -0.25) is 14.5 Å². The Bertz CT molecular complexity index is 1390. The molecule has 5 heterocycles. The van der Waals surface area contributed by atoms with Crippen molar-refractivity contribution in [2.75, 3.05) is 11.6 Å². The molecule has 4 aromatic heterocycles. The quantitative estimate of drug-likeness (QED) is 0.352. The second-order valence-corrected chi connectivity index (χ2v) is 10.2. The second-order valence-electron chi connectivity index (χ2n) is 7.59. The second kappa shape index (κ2) is 7.40. The first-order chi connectivity index (χ1) is 14.9. The summed E-state index contributed by atoms with van der Waals surface area (Å²) in [5, 5.41) is 10.7. The summed E-state index contributed by atoms with van der Waals surface area (Å²) in [6.45, 7) is 0. The van der Waals surface area contributed by atoms with Crippen LogP contribution in [0.1, 0.15) is 5.69 Å². The highest BCUT2D eigenvalue weighted by Crippen LogP contribution is 2.25. The van der Waals surface area contributed by atoms with Crippen molar-refractivity contribution in [2.45, 2.75) is 17.8 Å². The Hall–Kier alpha value is -3.37. The topological polar surface area (TPSA) is 107 Å². The van der Waals surface area contributed by atoms with Gasteiger partial charge in [-0.25, -0.2) is 18.9 Å². The van der Waals surface area contributed by atoms with Crippen molar-refractivity contribution in [3.63, 3.8) is 0 Å². The van der Waals surface area contributed by atoms with Crippen molar-refractivity contribution in [3.8, 4) is 11.5 Å². The molecule has 158 valence electrons. The summed E-state index contributed by atoms with van der Waals surface area (Å²) < 4.78 is 27.9. The molecule has 1 aliphatic heterocycles. The molecule has 2 N–H and O–H groups in total. The minimum Gasteiger partial charge on any atom is -0.336 e. The van der Waals surface area contributed by atoms with Gasteiger partial charge in [-0.05, 0) is 45.7 Å². The zero-order chi connectivity index (χ0) is 21.6. The summed E-state index contributed by atoms with van der Waals surface area (Å²) >= 11 is 0. The van der Waals surface area contributed by atoms with E-state index in [2.05, 4.69) is 31.6 Å². The minimum atomic E-state index is -2.13. The molecule has 1 saturated heterocycles. The van der Waals surface area contributed by atoms with Crippen LogP contribution in [0.15, 0.2) is 55.0 Å². The van der Waals surface area contributed by atoms with Crippen LogP contribution in [0.5, 0.6) is 0 Å². The van der Waals surface area contributed by atoms with Gasteiger partial charge in [0.05, 0.1) is 17.3 Å². The van der Waals surface area contributed by atoms with Crippen molar-refractivity contribution in [2.24, 2.45) is 0 Å². The number of nitrogens with one attached hydrogen (secondary N) is 2. The van der Waals surface area contributed by atoms with Gasteiger partial charge in [-0.15, -0.1) is 5.10 Å². The van der Waals surface area contributed by atoms with Gasteiger partial charge < -0.3 is 5.32 Å². The van der Waals surface area contributed by atoms with Crippen LogP contribution >= 0.6 is 0 Å². The molecule has 2 unspecified atom stereocenters. The Morgan fingerprint density at radius 3 is 2.90 bits per heavy atom. The van der Waals surface area contributed by atoms with Crippen molar-refractivity contribution in [3.05, 3.63) is 66.5 Å². The highest BCUT2D eigenvalue weighted by Gasteiger charge is 2.40. The van der Waals surface area contributed by atoms with E-state index in [-0.39, 0.29) is 17.1 Å². The number of nitrogens with zero attached hydrogens (tertiary/aromatic N) is 5. The van der Waals surface area contributed by atoms with Crippen LogP contribution in [0.3, 0.4) is 0 Å². The zero-order valence-electron chi connectivity index (χ0n) is 16.7. The van der Waals surface area contributed by atoms with Gasteiger partial charge in [0.1, 0.15) is 11.2 Å². The molecule has 1 fully saturated rings. The lowest BCUT2D eigenvalue weighted by Gasteiger charge is -2.10. The lowest BCUT2D eigenvalue weighted by atomic mass is 10.2. The molecule has 0 spiro atoms. The van der Waals surface area contributed by atoms with Crippen LogP contribution in [0.2, 0.25) is 0 Å². The molecular formula is C21H20FN7OS. The van der Waals surface area contributed by atoms with Crippen LogP contribution in [0.4, 0.5) is 15.9 Å². The maximum atomic E-state index is 14.1.